The molecule has 24 aliphatic rings. The van der Waals surface area contributed by atoms with Gasteiger partial charge in [-0.3, -0.25) is 28.8 Å². The van der Waals surface area contributed by atoms with Crippen LogP contribution in [0.2, 0.25) is 0 Å². The largest absolute Gasteiger partial charge is 0.462 e. The quantitative estimate of drug-likeness (QED) is 0.0772. The molecule has 24 bridgehead atoms. The minimum atomic E-state index is -0.407. The van der Waals surface area contributed by atoms with Gasteiger partial charge in [-0.2, -0.15) is 0 Å². The lowest BCUT2D eigenvalue weighted by molar-refractivity contribution is -0.217. The molecule has 24 aliphatic carbocycles. The average molecular weight is 1410 g/mol. The van der Waals surface area contributed by atoms with Crippen LogP contribution in [0.15, 0.2) is 0 Å². The summed E-state index contributed by atoms with van der Waals surface area (Å²) in [5.41, 5.74) is -0.969. The highest BCUT2D eigenvalue weighted by Gasteiger charge is 2.72. The first-order chi connectivity index (χ1) is 49.0. The van der Waals surface area contributed by atoms with E-state index in [0.29, 0.717) is 124 Å². The van der Waals surface area contributed by atoms with Crippen molar-refractivity contribution >= 4 is 35.8 Å². The molecule has 0 aromatic rings. The molecule has 0 aliphatic heterocycles. The molecule has 0 N–H and O–H groups in total. The lowest BCUT2D eigenvalue weighted by Crippen LogP contribution is -2.60. The normalized spacial score (nSPS) is 54.2. The van der Waals surface area contributed by atoms with E-state index in [1.165, 1.54) is 135 Å². The van der Waals surface area contributed by atoms with E-state index < -0.39 is 5.41 Å². The second kappa shape index (κ2) is 25.2. The Hall–Kier alpha value is -3.18. The predicted octanol–water partition coefficient (Wildman–Crippen LogP) is 18.1. The Labute approximate surface area is 612 Å². The molecule has 0 amide bonds. The van der Waals surface area contributed by atoms with E-state index in [2.05, 4.69) is 41.5 Å². The molecule has 26 atom stereocenters. The summed E-state index contributed by atoms with van der Waals surface area (Å²) in [7, 11) is 0. The summed E-state index contributed by atoms with van der Waals surface area (Å²) in [4.78, 5) is 79.4. The molecule has 0 aromatic heterocycles. The van der Waals surface area contributed by atoms with Crippen LogP contribution in [0.3, 0.4) is 0 Å². The molecule has 0 aromatic carbocycles. The Balaban J connectivity index is 0.000000106. The maximum absolute atomic E-state index is 13.9. The monoisotopic (exact) mass is 1400 g/mol. The molecular formula is C90H132O12. The van der Waals surface area contributed by atoms with Gasteiger partial charge in [0.1, 0.15) is 35.1 Å². The van der Waals surface area contributed by atoms with Crippen LogP contribution in [0.5, 0.6) is 0 Å². The zero-order valence-electron chi connectivity index (χ0n) is 64.5. The molecule has 26 unspecified atom stereocenters. The highest BCUT2D eigenvalue weighted by atomic mass is 16.6. The van der Waals surface area contributed by atoms with Crippen LogP contribution in [0.4, 0.5) is 0 Å². The van der Waals surface area contributed by atoms with Gasteiger partial charge < -0.3 is 28.4 Å². The Morgan fingerprint density at radius 2 is 0.627 bits per heavy atom. The van der Waals surface area contributed by atoms with Crippen molar-refractivity contribution < 1.29 is 57.2 Å². The summed E-state index contributed by atoms with van der Waals surface area (Å²) in [6, 6.07) is 0. The first-order valence-corrected chi connectivity index (χ1v) is 44.3. The Kier molecular flexibility index (Phi) is 17.1. The summed E-state index contributed by atoms with van der Waals surface area (Å²) in [6.45, 7) is 21.0. The van der Waals surface area contributed by atoms with Crippen molar-refractivity contribution in [2.75, 3.05) is 0 Å². The highest BCUT2D eigenvalue weighted by molar-refractivity contribution is 5.77. The standard InChI is InChI=1S/C31H46O4.C30H44O4.C29H42O4/c1-5-30(3,4)29(33)34-25-15-19-14-24(25)27-22-12-18(26(19)27)13-23(22)28(32)35-31(6-2)20-8-16-7-17(10-20)11-21(31)9-16;1-4-15(3)28(31)33-25-14-19-13-24(25)27-22-11-18(26(19)27)12-23(22)29(32)34-30(5-2)20-7-16-6-17(9-20)10-21(30)8-16;1-4-14(2)27(30)32-24-13-18-12-23(24)26-21-10-17(25(18)26)11-22(21)28(31)33-29(3)19-6-15-5-16(8-19)9-20(29)7-15/h16-27H,5-15H2,1-4H3;15-27H,4-14H2,1-3H3;14-26H,4-13H2,1-3H3. The number of carbonyl (C=O) groups excluding carboxylic acids is 6. The van der Waals surface area contributed by atoms with Crippen LogP contribution < -0.4 is 0 Å². The van der Waals surface area contributed by atoms with Crippen LogP contribution in [0, 0.1) is 213 Å². The van der Waals surface area contributed by atoms with E-state index >= 15 is 0 Å². The van der Waals surface area contributed by atoms with Gasteiger partial charge in [-0.25, -0.2) is 0 Å². The number of carbonyl (C=O) groups is 6. The minimum Gasteiger partial charge on any atom is -0.462 e. The topological polar surface area (TPSA) is 158 Å². The molecule has 24 rings (SSSR count). The number of esters is 6. The van der Waals surface area contributed by atoms with Gasteiger partial charge in [0.25, 0.3) is 0 Å². The van der Waals surface area contributed by atoms with Crippen molar-refractivity contribution in [1.82, 2.24) is 0 Å². The smallest absolute Gasteiger partial charge is 0.311 e. The van der Waals surface area contributed by atoms with Crippen LogP contribution in [0.1, 0.15) is 275 Å². The fourth-order valence-corrected chi connectivity index (χ4v) is 33.9. The highest BCUT2D eigenvalue weighted by Crippen LogP contribution is 2.74. The van der Waals surface area contributed by atoms with E-state index in [1.807, 2.05) is 27.7 Å². The van der Waals surface area contributed by atoms with Crippen molar-refractivity contribution in [3.63, 3.8) is 0 Å². The lowest BCUT2D eigenvalue weighted by Gasteiger charge is -2.60. The zero-order chi connectivity index (χ0) is 70.3. The van der Waals surface area contributed by atoms with Crippen LogP contribution in [0.25, 0.3) is 0 Å². The van der Waals surface area contributed by atoms with Crippen LogP contribution in [-0.4, -0.2) is 70.9 Å². The van der Waals surface area contributed by atoms with Gasteiger partial charge in [0.05, 0.1) is 35.0 Å². The number of rotatable bonds is 17. The van der Waals surface area contributed by atoms with Crippen molar-refractivity contribution in [2.24, 2.45) is 213 Å². The summed E-state index contributed by atoms with van der Waals surface area (Å²) >= 11 is 0. The third-order valence-electron chi connectivity index (χ3n) is 38.2. The second-order valence-corrected chi connectivity index (χ2v) is 42.4. The molecule has 564 valence electrons. The SMILES string of the molecule is CCC(C)(C)C(=O)OC1CC2CC1C1C3CC(CC3C(=O)OC3(CC)C4CC5CC(C4)CC3C5)C21.CCC(C)C(=O)OC1CC2CC1C1C3CC(CC3C(=O)OC3(C)C4CC5CC(C4)CC3C5)C21.CCC(C)C(=O)OC1CC2CC1C1C3CC(CC3C(=O)OC3(CC)C4CC5CC(C4)CC3C5)C21. The number of hydrogen-bond donors (Lipinski definition) is 0. The molecular weight excluding hydrogens is 1270 g/mol. The summed E-state index contributed by atoms with van der Waals surface area (Å²) < 4.78 is 38.4. The zero-order valence-corrected chi connectivity index (χ0v) is 64.5. The number of hydrogen-bond acceptors (Lipinski definition) is 12. The third kappa shape index (κ3) is 10.5. The first kappa shape index (κ1) is 69.3. The minimum absolute atomic E-state index is 0.00981. The fourth-order valence-electron chi connectivity index (χ4n) is 33.9. The maximum atomic E-state index is 13.9. The third-order valence-corrected chi connectivity index (χ3v) is 38.2. The molecule has 12 heteroatoms. The van der Waals surface area contributed by atoms with Gasteiger partial charge in [-0.15, -0.1) is 0 Å². The Morgan fingerprint density at radius 1 is 0.343 bits per heavy atom. The molecule has 0 heterocycles. The molecule has 24 fully saturated rings. The summed E-state index contributed by atoms with van der Waals surface area (Å²) in [6.07, 6.45) is 38.1. The van der Waals surface area contributed by atoms with Gasteiger partial charge in [-0.05, 0) is 404 Å². The van der Waals surface area contributed by atoms with E-state index in [9.17, 15) is 28.8 Å². The summed E-state index contributed by atoms with van der Waals surface area (Å²) in [5.74, 6) is 20.7. The lowest BCUT2D eigenvalue weighted by atomic mass is 9.49. The van der Waals surface area contributed by atoms with Gasteiger partial charge in [0.2, 0.25) is 0 Å². The molecule has 24 saturated carbocycles. The Bertz CT molecular complexity index is 3210. The van der Waals surface area contributed by atoms with Crippen LogP contribution in [-0.2, 0) is 57.2 Å². The molecule has 0 spiro atoms. The van der Waals surface area contributed by atoms with Gasteiger partial charge >= 0.3 is 35.8 Å². The van der Waals surface area contributed by atoms with Gasteiger partial charge in [0.15, 0.2) is 0 Å². The van der Waals surface area contributed by atoms with Crippen molar-refractivity contribution in [2.45, 2.75) is 310 Å². The van der Waals surface area contributed by atoms with Crippen molar-refractivity contribution in [1.29, 1.82) is 0 Å². The van der Waals surface area contributed by atoms with Crippen molar-refractivity contribution in [3.05, 3.63) is 0 Å². The molecule has 0 saturated heterocycles. The van der Waals surface area contributed by atoms with E-state index in [4.69, 9.17) is 28.4 Å². The average Bonchev–Trinajstić information content (AvgIpc) is 1.55. The maximum Gasteiger partial charge on any atom is 0.311 e. The van der Waals surface area contributed by atoms with Crippen LogP contribution >= 0.6 is 0 Å². The van der Waals surface area contributed by atoms with Crippen molar-refractivity contribution in [3.8, 4) is 0 Å². The predicted molar refractivity (Wildman–Crippen MR) is 385 cm³/mol. The number of fused-ring (bicyclic) bond motifs is 27. The van der Waals surface area contributed by atoms with Gasteiger partial charge in [0, 0.05) is 0 Å². The fraction of sp³-hybridized carbons (Fsp3) is 0.933. The van der Waals surface area contributed by atoms with E-state index in [1.54, 1.807) is 0 Å². The first-order valence-electron chi connectivity index (χ1n) is 44.3. The van der Waals surface area contributed by atoms with E-state index in [0.717, 1.165) is 124 Å². The Morgan fingerprint density at radius 3 is 0.931 bits per heavy atom. The van der Waals surface area contributed by atoms with Gasteiger partial charge in [-0.1, -0.05) is 48.5 Å². The molecule has 12 nitrogen and oxygen atoms in total. The number of ether oxygens (including phenoxy) is 6. The molecule has 102 heavy (non-hydrogen) atoms. The summed E-state index contributed by atoms with van der Waals surface area (Å²) in [5, 5.41) is 0. The van der Waals surface area contributed by atoms with E-state index in [-0.39, 0.29) is 101 Å². The second-order valence-electron chi connectivity index (χ2n) is 42.4. The molecule has 0 radical (unpaired) electrons.